The number of amides is 2. The lowest BCUT2D eigenvalue weighted by molar-refractivity contribution is 0.106. The molecule has 0 saturated carbocycles. The molecule has 0 spiro atoms. The van der Waals surface area contributed by atoms with Crippen molar-refractivity contribution in [2.24, 2.45) is 11.8 Å². The number of aldehydes is 1. The van der Waals surface area contributed by atoms with Crippen molar-refractivity contribution in [3.05, 3.63) is 77.9 Å². The van der Waals surface area contributed by atoms with E-state index in [1.807, 2.05) is 67.6 Å². The summed E-state index contributed by atoms with van der Waals surface area (Å²) in [7, 11) is 0. The normalized spacial score (nSPS) is 11.0. The molecule has 0 radical (unpaired) electrons. The first-order valence-electron chi connectivity index (χ1n) is 11.3. The number of carbonyl (C=O) groups is 2. The number of nitrogens with one attached hydrogen (secondary N) is 2. The summed E-state index contributed by atoms with van der Waals surface area (Å²) in [6, 6.07) is 20.2. The first kappa shape index (κ1) is 24.1. The Labute approximate surface area is 196 Å². The van der Waals surface area contributed by atoms with Crippen molar-refractivity contribution in [1.29, 1.82) is 0 Å². The minimum atomic E-state index is -0.366. The molecule has 3 rings (SSSR count). The number of rotatable bonds is 8. The molecule has 172 valence electrons. The van der Waals surface area contributed by atoms with Gasteiger partial charge >= 0.3 is 6.03 Å². The molecule has 3 aromatic rings. The van der Waals surface area contributed by atoms with E-state index in [1.54, 1.807) is 6.07 Å². The monoisotopic (exact) mass is 444 g/mol. The second kappa shape index (κ2) is 10.8. The Morgan fingerprint density at radius 3 is 2.18 bits per heavy atom. The lowest BCUT2D eigenvalue weighted by Gasteiger charge is -2.27. The highest BCUT2D eigenvalue weighted by atomic mass is 16.5. The number of ether oxygens (including phenoxy) is 1. The van der Waals surface area contributed by atoms with Gasteiger partial charge in [-0.05, 0) is 54.2 Å². The van der Waals surface area contributed by atoms with Gasteiger partial charge in [0.1, 0.15) is 11.9 Å². The van der Waals surface area contributed by atoms with E-state index in [9.17, 15) is 9.59 Å². The average Bonchev–Trinajstić information content (AvgIpc) is 2.79. The standard InChI is InChI=1S/C28H32N2O3/c1-18(2)27(19(3)4)33-26-15-12-21(24-9-7-6-8-22(24)17-31)16-25(26)30-28(32)29-23-13-10-20(5)11-14-23/h6-19,27H,1-5H3,(H2,29,30,32). The largest absolute Gasteiger partial charge is 0.488 e. The van der Waals surface area contributed by atoms with Gasteiger partial charge < -0.3 is 15.4 Å². The molecule has 0 bridgehead atoms. The van der Waals surface area contributed by atoms with Crippen molar-refractivity contribution in [3.8, 4) is 16.9 Å². The molecule has 0 aliphatic heterocycles. The van der Waals surface area contributed by atoms with Gasteiger partial charge in [0.2, 0.25) is 0 Å². The van der Waals surface area contributed by atoms with Crippen LogP contribution < -0.4 is 15.4 Å². The van der Waals surface area contributed by atoms with E-state index < -0.39 is 0 Å². The van der Waals surface area contributed by atoms with Gasteiger partial charge in [0, 0.05) is 11.3 Å². The quantitative estimate of drug-likeness (QED) is 0.362. The minimum absolute atomic E-state index is 0.0150. The van der Waals surface area contributed by atoms with E-state index in [0.717, 1.165) is 23.0 Å². The van der Waals surface area contributed by atoms with Gasteiger partial charge in [-0.25, -0.2) is 4.79 Å². The fraction of sp³-hybridized carbons (Fsp3) is 0.286. The summed E-state index contributed by atoms with van der Waals surface area (Å²) in [5, 5.41) is 5.80. The summed E-state index contributed by atoms with van der Waals surface area (Å²) in [6.45, 7) is 10.5. The van der Waals surface area contributed by atoms with E-state index in [4.69, 9.17) is 4.74 Å². The Morgan fingerprint density at radius 1 is 0.879 bits per heavy atom. The zero-order valence-corrected chi connectivity index (χ0v) is 19.9. The third kappa shape index (κ3) is 6.22. The molecule has 0 unspecified atom stereocenters. The predicted octanol–water partition coefficient (Wildman–Crippen LogP) is 7.18. The summed E-state index contributed by atoms with van der Waals surface area (Å²) in [4.78, 5) is 24.4. The van der Waals surface area contributed by atoms with Gasteiger partial charge in [-0.3, -0.25) is 4.79 Å². The van der Waals surface area contributed by atoms with Gasteiger partial charge in [-0.2, -0.15) is 0 Å². The maximum absolute atomic E-state index is 12.8. The first-order chi connectivity index (χ1) is 15.8. The van der Waals surface area contributed by atoms with Gasteiger partial charge in [0.25, 0.3) is 0 Å². The SMILES string of the molecule is Cc1ccc(NC(=O)Nc2cc(-c3ccccc3C=O)ccc2OC(C(C)C)C(C)C)cc1. The molecule has 2 amide bonds. The number of aryl methyl sites for hydroxylation is 1. The zero-order chi connectivity index (χ0) is 24.0. The highest BCUT2D eigenvalue weighted by Gasteiger charge is 2.22. The van der Waals surface area contributed by atoms with Crippen molar-refractivity contribution in [2.45, 2.75) is 40.7 Å². The van der Waals surface area contributed by atoms with Gasteiger partial charge in [-0.1, -0.05) is 75.7 Å². The van der Waals surface area contributed by atoms with Crippen LogP contribution in [0.1, 0.15) is 43.6 Å². The van der Waals surface area contributed by atoms with E-state index in [1.165, 1.54) is 0 Å². The lowest BCUT2D eigenvalue weighted by atomic mass is 9.96. The predicted molar refractivity (Wildman–Crippen MR) is 135 cm³/mol. The maximum Gasteiger partial charge on any atom is 0.323 e. The van der Waals surface area contributed by atoms with E-state index >= 15 is 0 Å². The minimum Gasteiger partial charge on any atom is -0.488 e. The molecule has 0 atom stereocenters. The third-order valence-electron chi connectivity index (χ3n) is 5.51. The second-order valence-electron chi connectivity index (χ2n) is 8.93. The highest BCUT2D eigenvalue weighted by molar-refractivity contribution is 6.01. The number of hydrogen-bond donors (Lipinski definition) is 2. The van der Waals surface area contributed by atoms with Crippen molar-refractivity contribution >= 4 is 23.7 Å². The Hall–Kier alpha value is -3.60. The molecule has 5 heteroatoms. The fourth-order valence-electron chi connectivity index (χ4n) is 3.87. The first-order valence-corrected chi connectivity index (χ1v) is 11.3. The molecule has 5 nitrogen and oxygen atoms in total. The Morgan fingerprint density at radius 2 is 1.55 bits per heavy atom. The van der Waals surface area contributed by atoms with Gasteiger partial charge in [0.05, 0.1) is 5.69 Å². The summed E-state index contributed by atoms with van der Waals surface area (Å²) in [5.41, 5.74) is 4.57. The number of urea groups is 1. The molecular formula is C28H32N2O3. The van der Waals surface area contributed by atoms with E-state index in [2.05, 4.69) is 38.3 Å². The van der Waals surface area contributed by atoms with Crippen LogP contribution in [0.25, 0.3) is 11.1 Å². The lowest BCUT2D eigenvalue weighted by Crippen LogP contribution is -2.29. The molecular weight excluding hydrogens is 412 g/mol. The van der Waals surface area contributed by atoms with Gasteiger partial charge in [0.15, 0.2) is 6.29 Å². The van der Waals surface area contributed by atoms with Crippen LogP contribution in [0, 0.1) is 18.8 Å². The zero-order valence-electron chi connectivity index (χ0n) is 19.9. The summed E-state index contributed by atoms with van der Waals surface area (Å²) in [5.74, 6) is 1.19. The molecule has 0 saturated heterocycles. The molecule has 0 aliphatic carbocycles. The van der Waals surface area contributed by atoms with Crippen LogP contribution in [-0.2, 0) is 0 Å². The topological polar surface area (TPSA) is 67.4 Å². The Kier molecular flexibility index (Phi) is 7.88. The van der Waals surface area contributed by atoms with Gasteiger partial charge in [-0.15, -0.1) is 0 Å². The summed E-state index contributed by atoms with van der Waals surface area (Å²) in [6.07, 6.45) is 0.823. The molecule has 3 aromatic carbocycles. The highest BCUT2D eigenvalue weighted by Crippen LogP contribution is 2.34. The van der Waals surface area contributed by atoms with Crippen molar-refractivity contribution in [1.82, 2.24) is 0 Å². The van der Waals surface area contributed by atoms with E-state index in [0.29, 0.717) is 34.5 Å². The molecule has 0 aromatic heterocycles. The maximum atomic E-state index is 12.8. The molecule has 33 heavy (non-hydrogen) atoms. The van der Waals surface area contributed by atoms with Crippen molar-refractivity contribution < 1.29 is 14.3 Å². The second-order valence-corrected chi connectivity index (χ2v) is 8.93. The Balaban J connectivity index is 1.96. The summed E-state index contributed by atoms with van der Waals surface area (Å²) >= 11 is 0. The van der Waals surface area contributed by atoms with Crippen molar-refractivity contribution in [3.63, 3.8) is 0 Å². The number of anilines is 2. The Bertz CT molecular complexity index is 1100. The van der Waals surface area contributed by atoms with Crippen LogP contribution in [0.3, 0.4) is 0 Å². The van der Waals surface area contributed by atoms with Crippen LogP contribution in [0.15, 0.2) is 66.7 Å². The fourth-order valence-corrected chi connectivity index (χ4v) is 3.87. The summed E-state index contributed by atoms with van der Waals surface area (Å²) < 4.78 is 6.37. The van der Waals surface area contributed by atoms with Crippen LogP contribution >= 0.6 is 0 Å². The number of benzene rings is 3. The van der Waals surface area contributed by atoms with Crippen LogP contribution in [0.5, 0.6) is 5.75 Å². The number of carbonyl (C=O) groups excluding carboxylic acids is 2. The van der Waals surface area contributed by atoms with Crippen molar-refractivity contribution in [2.75, 3.05) is 10.6 Å². The van der Waals surface area contributed by atoms with Crippen LogP contribution in [-0.4, -0.2) is 18.4 Å². The molecule has 0 aliphatic rings. The van der Waals surface area contributed by atoms with E-state index in [-0.39, 0.29) is 12.1 Å². The van der Waals surface area contributed by atoms with Crippen LogP contribution in [0.2, 0.25) is 0 Å². The molecule has 2 N–H and O–H groups in total. The van der Waals surface area contributed by atoms with Crippen LogP contribution in [0.4, 0.5) is 16.2 Å². The molecule has 0 fully saturated rings. The third-order valence-corrected chi connectivity index (χ3v) is 5.51. The number of hydrogen-bond acceptors (Lipinski definition) is 3. The molecule has 0 heterocycles. The average molecular weight is 445 g/mol. The smallest absolute Gasteiger partial charge is 0.323 e.